The Bertz CT molecular complexity index is 1600. The number of fused-ring (bicyclic) bond motifs is 1. The van der Waals surface area contributed by atoms with Crippen LogP contribution in [0.2, 0.25) is 0 Å². The summed E-state index contributed by atoms with van der Waals surface area (Å²) < 4.78 is 3.43. The standard InChI is InChI=1S/C29H34N6O6/c1-17(2)21-15-22(25(37)16-24(21)36)27-30-31-28(39)35(27)20-4-5-23-18(14-20)6-10-33(23)13-9-26(38)34-11-7-19(8-12-34)32(3)29(40)41/h4-6,10,14-17,19,36-37H,7-9,11-13H2,1-3H3,(H,31,39)(H,40,41). The molecular weight excluding hydrogens is 528 g/mol. The van der Waals surface area contributed by atoms with Crippen molar-refractivity contribution in [1.29, 1.82) is 0 Å². The van der Waals surface area contributed by atoms with Gasteiger partial charge in [-0.25, -0.2) is 9.36 Å². The molecule has 12 heteroatoms. The molecule has 0 atom stereocenters. The zero-order chi connectivity index (χ0) is 29.4. The van der Waals surface area contributed by atoms with E-state index in [-0.39, 0.29) is 41.2 Å². The molecule has 0 saturated carbocycles. The first kappa shape index (κ1) is 27.8. The van der Waals surface area contributed by atoms with Gasteiger partial charge in [0.1, 0.15) is 11.5 Å². The minimum atomic E-state index is -0.952. The second-order valence-electron chi connectivity index (χ2n) is 10.7. The third-order valence-corrected chi connectivity index (χ3v) is 7.90. The summed E-state index contributed by atoms with van der Waals surface area (Å²) in [5.41, 5.74) is 2.45. The number of nitrogens with zero attached hydrogens (tertiary/aromatic N) is 6. The van der Waals surface area contributed by atoms with E-state index in [4.69, 9.17) is 0 Å². The zero-order valence-corrected chi connectivity index (χ0v) is 23.2. The summed E-state index contributed by atoms with van der Waals surface area (Å²) in [5, 5.41) is 49.4. The molecule has 2 aromatic heterocycles. The van der Waals surface area contributed by atoms with Gasteiger partial charge in [-0.2, -0.15) is 0 Å². The molecule has 2 amide bonds. The molecule has 0 spiro atoms. The second-order valence-corrected chi connectivity index (χ2v) is 10.7. The maximum atomic E-state index is 12.9. The van der Waals surface area contributed by atoms with Crippen LogP contribution in [0.15, 0.2) is 42.6 Å². The van der Waals surface area contributed by atoms with Gasteiger partial charge in [-0.3, -0.25) is 4.79 Å². The molecule has 1 aliphatic heterocycles. The number of hydrogen-bond donors (Lipinski definition) is 4. The van der Waals surface area contributed by atoms with Crippen molar-refractivity contribution in [2.45, 2.75) is 51.6 Å². The monoisotopic (exact) mass is 562 g/mol. The number of carbonyl (C=O) groups is 2. The van der Waals surface area contributed by atoms with Crippen molar-refractivity contribution in [2.75, 3.05) is 20.1 Å². The molecule has 0 unspecified atom stereocenters. The predicted molar refractivity (Wildman–Crippen MR) is 151 cm³/mol. The van der Waals surface area contributed by atoms with Crippen molar-refractivity contribution in [2.24, 2.45) is 0 Å². The number of aromatic nitrogens is 4. The fraction of sp³-hybridized carbons (Fsp3) is 0.379. The third kappa shape index (κ3) is 5.37. The maximum Gasteiger partial charge on any atom is 0.407 e. The van der Waals surface area contributed by atoms with Crippen LogP contribution in [0.4, 0.5) is 4.79 Å². The van der Waals surface area contributed by atoms with Crippen molar-refractivity contribution in [3.05, 3.63) is 48.2 Å². The molecule has 1 aliphatic rings. The van der Waals surface area contributed by atoms with E-state index < -0.39 is 6.09 Å². The van der Waals surface area contributed by atoms with E-state index in [1.54, 1.807) is 24.1 Å². The van der Waals surface area contributed by atoms with Gasteiger partial charge in [-0.15, -0.1) is 5.10 Å². The molecular formula is C29H34N6O6. The highest BCUT2D eigenvalue weighted by Crippen LogP contribution is 2.39. The van der Waals surface area contributed by atoms with Crippen LogP contribution >= 0.6 is 0 Å². The summed E-state index contributed by atoms with van der Waals surface area (Å²) in [6, 6.07) is 9.98. The van der Waals surface area contributed by atoms with Gasteiger partial charge in [-0.1, -0.05) is 18.9 Å². The Labute approximate surface area is 236 Å². The SMILES string of the molecule is CC(C)c1cc(-c2nnc(O)n2-c2ccc3c(ccn3CCC(=O)N3CCC(N(C)C(=O)O)CC3)c2)c(O)cc1O. The molecule has 4 N–H and O–H groups in total. The molecule has 0 bridgehead atoms. The molecule has 41 heavy (non-hydrogen) atoms. The smallest absolute Gasteiger partial charge is 0.407 e. The van der Waals surface area contributed by atoms with Crippen LogP contribution in [0.1, 0.15) is 44.6 Å². The Morgan fingerprint density at radius 2 is 1.76 bits per heavy atom. The summed E-state index contributed by atoms with van der Waals surface area (Å²) >= 11 is 0. The van der Waals surface area contributed by atoms with Crippen LogP contribution in [0, 0.1) is 0 Å². The lowest BCUT2D eigenvalue weighted by atomic mass is 9.98. The van der Waals surface area contributed by atoms with E-state index in [1.165, 1.54) is 15.5 Å². The van der Waals surface area contributed by atoms with Crippen LogP contribution in [-0.4, -0.2) is 87.7 Å². The number of carboxylic acid groups (broad SMARTS) is 1. The van der Waals surface area contributed by atoms with Gasteiger partial charge >= 0.3 is 12.1 Å². The Kier molecular flexibility index (Phi) is 7.48. The number of carbonyl (C=O) groups excluding carboxylic acids is 1. The highest BCUT2D eigenvalue weighted by Gasteiger charge is 2.27. The lowest BCUT2D eigenvalue weighted by molar-refractivity contribution is -0.132. The van der Waals surface area contributed by atoms with Crippen molar-refractivity contribution in [1.82, 2.24) is 29.1 Å². The number of phenolic OH excluding ortho intramolecular Hbond substituents is 2. The van der Waals surface area contributed by atoms with E-state index in [2.05, 4.69) is 10.2 Å². The molecule has 5 rings (SSSR count). The number of likely N-dealkylation sites (tertiary alicyclic amines) is 1. The van der Waals surface area contributed by atoms with Crippen LogP contribution < -0.4 is 0 Å². The third-order valence-electron chi connectivity index (χ3n) is 7.90. The number of aromatic hydroxyl groups is 3. The second kappa shape index (κ2) is 11.0. The Hall–Kier alpha value is -4.74. The normalized spacial score (nSPS) is 14.2. The molecule has 4 aromatic rings. The molecule has 0 radical (unpaired) electrons. The van der Waals surface area contributed by atoms with Crippen molar-refractivity contribution >= 4 is 22.9 Å². The van der Waals surface area contributed by atoms with E-state index in [9.17, 15) is 30.0 Å². The Morgan fingerprint density at radius 1 is 1.02 bits per heavy atom. The molecule has 0 aliphatic carbocycles. The minimum Gasteiger partial charge on any atom is -0.508 e. The number of amides is 2. The van der Waals surface area contributed by atoms with Crippen molar-refractivity contribution in [3.63, 3.8) is 0 Å². The highest BCUT2D eigenvalue weighted by atomic mass is 16.4. The predicted octanol–water partition coefficient (Wildman–Crippen LogP) is 4.12. The number of benzene rings is 2. The number of phenols is 2. The molecule has 1 saturated heterocycles. The lowest BCUT2D eigenvalue weighted by Crippen LogP contribution is -2.47. The zero-order valence-electron chi connectivity index (χ0n) is 23.2. The minimum absolute atomic E-state index is 0.00668. The van der Waals surface area contributed by atoms with Crippen LogP contribution in [0.3, 0.4) is 0 Å². The Morgan fingerprint density at radius 3 is 2.44 bits per heavy atom. The first-order valence-corrected chi connectivity index (χ1v) is 13.6. The van der Waals surface area contributed by atoms with Crippen LogP contribution in [0.5, 0.6) is 17.5 Å². The van der Waals surface area contributed by atoms with Crippen molar-refractivity contribution in [3.8, 4) is 34.6 Å². The maximum absolute atomic E-state index is 12.9. The van der Waals surface area contributed by atoms with Gasteiger partial charge in [0.05, 0.1) is 11.3 Å². The van der Waals surface area contributed by atoms with E-state index in [0.717, 1.165) is 10.9 Å². The fourth-order valence-electron chi connectivity index (χ4n) is 5.48. The molecule has 2 aromatic carbocycles. The molecule has 1 fully saturated rings. The first-order chi connectivity index (χ1) is 19.5. The average molecular weight is 563 g/mol. The number of piperidine rings is 1. The first-order valence-electron chi connectivity index (χ1n) is 13.6. The number of aryl methyl sites for hydroxylation is 1. The Balaban J connectivity index is 1.33. The molecule has 216 valence electrons. The summed E-state index contributed by atoms with van der Waals surface area (Å²) in [6.07, 6.45) is 2.53. The summed E-state index contributed by atoms with van der Waals surface area (Å²) in [4.78, 5) is 27.2. The van der Waals surface area contributed by atoms with Gasteiger partial charge < -0.3 is 34.8 Å². The lowest BCUT2D eigenvalue weighted by Gasteiger charge is -2.35. The highest BCUT2D eigenvalue weighted by molar-refractivity contribution is 5.83. The van der Waals surface area contributed by atoms with Crippen LogP contribution in [-0.2, 0) is 11.3 Å². The van der Waals surface area contributed by atoms with Crippen LogP contribution in [0.25, 0.3) is 28.0 Å². The summed E-state index contributed by atoms with van der Waals surface area (Å²) in [6.45, 7) is 5.41. The van der Waals surface area contributed by atoms with E-state index in [1.807, 2.05) is 42.8 Å². The van der Waals surface area contributed by atoms with Gasteiger partial charge in [0.15, 0.2) is 5.82 Å². The van der Waals surface area contributed by atoms with Gasteiger partial charge in [0, 0.05) is 62.3 Å². The topological polar surface area (TPSA) is 157 Å². The number of rotatable bonds is 7. The van der Waals surface area contributed by atoms with E-state index >= 15 is 0 Å². The molecule has 3 heterocycles. The van der Waals surface area contributed by atoms with Gasteiger partial charge in [-0.05, 0) is 54.7 Å². The number of hydrogen-bond acceptors (Lipinski definition) is 7. The largest absolute Gasteiger partial charge is 0.508 e. The quantitative estimate of drug-likeness (QED) is 0.262. The van der Waals surface area contributed by atoms with Gasteiger partial charge in [0.25, 0.3) is 0 Å². The summed E-state index contributed by atoms with van der Waals surface area (Å²) in [5.74, 6) is 0.0504. The van der Waals surface area contributed by atoms with E-state index in [0.29, 0.717) is 55.7 Å². The van der Waals surface area contributed by atoms with Gasteiger partial charge in [0.2, 0.25) is 5.91 Å². The fourth-order valence-corrected chi connectivity index (χ4v) is 5.48. The summed E-state index contributed by atoms with van der Waals surface area (Å²) in [7, 11) is 1.57. The van der Waals surface area contributed by atoms with Crippen molar-refractivity contribution < 1.29 is 30.0 Å². The average Bonchev–Trinajstić information content (AvgIpc) is 3.53. The molecule has 12 nitrogen and oxygen atoms in total.